The van der Waals surface area contributed by atoms with Crippen molar-refractivity contribution in [2.75, 3.05) is 7.11 Å². The third-order valence-electron chi connectivity index (χ3n) is 1.88. The fraction of sp³-hybridized carbons (Fsp3) is 0.400. The summed E-state index contributed by atoms with van der Waals surface area (Å²) in [6.07, 6.45) is 0.0498. The van der Waals surface area contributed by atoms with E-state index < -0.39 is 0 Å². The number of rotatable bonds is 4. The third-order valence-corrected chi connectivity index (χ3v) is 1.88. The summed E-state index contributed by atoms with van der Waals surface area (Å²) in [5.41, 5.74) is 1.13. The Morgan fingerprint density at radius 2 is 2.00 bits per heavy atom. The number of aromatic hydroxyl groups is 1. The highest BCUT2D eigenvalue weighted by Gasteiger charge is 1.97. The van der Waals surface area contributed by atoms with Crippen LogP contribution in [0.5, 0.6) is 5.75 Å². The van der Waals surface area contributed by atoms with E-state index in [2.05, 4.69) is 5.32 Å². The number of hydrogen-bond donors (Lipinski definition) is 2. The smallest absolute Gasteiger partial charge is 0.115 e. The highest BCUT2D eigenvalue weighted by Crippen LogP contribution is 2.09. The fourth-order valence-electron chi connectivity index (χ4n) is 0.959. The van der Waals surface area contributed by atoms with Crippen LogP contribution >= 0.6 is 0 Å². The molecule has 0 saturated heterocycles. The summed E-state index contributed by atoms with van der Waals surface area (Å²) in [5.74, 6) is 0.295. The largest absolute Gasteiger partial charge is 0.508 e. The molecule has 72 valence electrons. The van der Waals surface area contributed by atoms with Gasteiger partial charge < -0.3 is 9.84 Å². The minimum absolute atomic E-state index is 0.0498. The van der Waals surface area contributed by atoms with Gasteiger partial charge in [0.1, 0.15) is 12.0 Å². The van der Waals surface area contributed by atoms with Crippen LogP contribution in [-0.2, 0) is 11.3 Å². The van der Waals surface area contributed by atoms with Gasteiger partial charge in [-0.05, 0) is 24.6 Å². The molecule has 0 saturated carbocycles. The van der Waals surface area contributed by atoms with Gasteiger partial charge in [0.25, 0.3) is 0 Å². The van der Waals surface area contributed by atoms with E-state index in [1.165, 1.54) is 0 Å². The molecule has 0 aliphatic heterocycles. The summed E-state index contributed by atoms with van der Waals surface area (Å²) in [5, 5.41) is 12.2. The molecule has 0 spiro atoms. The van der Waals surface area contributed by atoms with Crippen molar-refractivity contribution in [3.05, 3.63) is 29.8 Å². The van der Waals surface area contributed by atoms with E-state index in [0.29, 0.717) is 5.75 Å². The Kier molecular flexibility index (Phi) is 3.73. The molecule has 1 rings (SSSR count). The minimum Gasteiger partial charge on any atom is -0.508 e. The molecule has 0 fully saturated rings. The second-order valence-corrected chi connectivity index (χ2v) is 2.93. The molecule has 3 heteroatoms. The normalized spacial score (nSPS) is 12.8. The molecule has 0 heterocycles. The summed E-state index contributed by atoms with van der Waals surface area (Å²) < 4.78 is 5.04. The third kappa shape index (κ3) is 3.44. The zero-order valence-electron chi connectivity index (χ0n) is 7.95. The Balaban J connectivity index is 2.41. The van der Waals surface area contributed by atoms with Gasteiger partial charge in [0.2, 0.25) is 0 Å². The first-order chi connectivity index (χ1) is 6.22. The second-order valence-electron chi connectivity index (χ2n) is 2.93. The van der Waals surface area contributed by atoms with Gasteiger partial charge in [0.05, 0.1) is 0 Å². The van der Waals surface area contributed by atoms with Gasteiger partial charge in [-0.25, -0.2) is 0 Å². The molecule has 1 atom stereocenters. The van der Waals surface area contributed by atoms with Crippen LogP contribution in [0.25, 0.3) is 0 Å². The maximum Gasteiger partial charge on any atom is 0.115 e. The first-order valence-corrected chi connectivity index (χ1v) is 4.26. The number of methoxy groups -OCH3 is 1. The van der Waals surface area contributed by atoms with Crippen molar-refractivity contribution in [3.63, 3.8) is 0 Å². The summed E-state index contributed by atoms with van der Waals surface area (Å²) in [6.45, 7) is 2.69. The van der Waals surface area contributed by atoms with E-state index in [4.69, 9.17) is 9.84 Å². The van der Waals surface area contributed by atoms with Gasteiger partial charge >= 0.3 is 0 Å². The molecule has 0 aromatic heterocycles. The molecule has 1 aromatic carbocycles. The predicted molar refractivity (Wildman–Crippen MR) is 51.4 cm³/mol. The first-order valence-electron chi connectivity index (χ1n) is 4.26. The van der Waals surface area contributed by atoms with Crippen molar-refractivity contribution in [3.8, 4) is 5.75 Å². The highest BCUT2D eigenvalue weighted by atomic mass is 16.5. The Morgan fingerprint density at radius 3 is 2.54 bits per heavy atom. The maximum atomic E-state index is 9.04. The molecule has 0 radical (unpaired) electrons. The number of ether oxygens (including phenoxy) is 1. The van der Waals surface area contributed by atoms with Crippen molar-refractivity contribution in [2.24, 2.45) is 0 Å². The van der Waals surface area contributed by atoms with Crippen molar-refractivity contribution in [1.82, 2.24) is 5.32 Å². The standard InChI is InChI=1S/C10H15NO2/c1-8(13-2)11-7-9-3-5-10(12)6-4-9/h3-6,8,11-12H,7H2,1-2H3. The van der Waals surface area contributed by atoms with Gasteiger partial charge in [-0.3, -0.25) is 5.32 Å². The summed E-state index contributed by atoms with van der Waals surface area (Å²) in [6, 6.07) is 7.11. The molecule has 0 amide bonds. The van der Waals surface area contributed by atoms with E-state index in [9.17, 15) is 0 Å². The lowest BCUT2D eigenvalue weighted by atomic mass is 10.2. The van der Waals surface area contributed by atoms with Crippen LogP contribution in [0.15, 0.2) is 24.3 Å². The maximum absolute atomic E-state index is 9.04. The second kappa shape index (κ2) is 4.84. The van der Waals surface area contributed by atoms with Crippen LogP contribution in [0, 0.1) is 0 Å². The monoisotopic (exact) mass is 181 g/mol. The van der Waals surface area contributed by atoms with Gasteiger partial charge in [0.15, 0.2) is 0 Å². The van der Waals surface area contributed by atoms with E-state index in [1.807, 2.05) is 19.1 Å². The molecule has 3 nitrogen and oxygen atoms in total. The quantitative estimate of drug-likeness (QED) is 0.691. The molecule has 1 aromatic rings. The van der Waals surface area contributed by atoms with Gasteiger partial charge in [-0.2, -0.15) is 0 Å². The topological polar surface area (TPSA) is 41.5 Å². The summed E-state index contributed by atoms with van der Waals surface area (Å²) in [7, 11) is 1.66. The van der Waals surface area contributed by atoms with Crippen molar-refractivity contribution in [1.29, 1.82) is 0 Å². The van der Waals surface area contributed by atoms with Gasteiger partial charge in [-0.15, -0.1) is 0 Å². The first kappa shape index (κ1) is 10.0. The highest BCUT2D eigenvalue weighted by molar-refractivity contribution is 5.25. The molecule has 13 heavy (non-hydrogen) atoms. The van der Waals surface area contributed by atoms with Crippen LogP contribution in [0.3, 0.4) is 0 Å². The van der Waals surface area contributed by atoms with Crippen molar-refractivity contribution < 1.29 is 9.84 Å². The van der Waals surface area contributed by atoms with E-state index in [0.717, 1.165) is 12.1 Å². The van der Waals surface area contributed by atoms with Crippen LogP contribution in [0.4, 0.5) is 0 Å². The van der Waals surface area contributed by atoms with E-state index in [-0.39, 0.29) is 6.23 Å². The Hall–Kier alpha value is -1.06. The molecule has 1 unspecified atom stereocenters. The average molecular weight is 181 g/mol. The lowest BCUT2D eigenvalue weighted by molar-refractivity contribution is 0.0879. The number of hydrogen-bond acceptors (Lipinski definition) is 3. The Labute approximate surface area is 78.3 Å². The van der Waals surface area contributed by atoms with Gasteiger partial charge in [0, 0.05) is 13.7 Å². The zero-order chi connectivity index (χ0) is 9.68. The van der Waals surface area contributed by atoms with Crippen LogP contribution in [0.1, 0.15) is 12.5 Å². The molecule has 0 aliphatic rings. The molecule has 0 aliphatic carbocycles. The number of phenolic OH excluding ortho intramolecular Hbond substituents is 1. The molecular weight excluding hydrogens is 166 g/mol. The van der Waals surface area contributed by atoms with E-state index >= 15 is 0 Å². The van der Waals surface area contributed by atoms with E-state index in [1.54, 1.807) is 19.2 Å². The Bertz CT molecular complexity index is 246. The minimum atomic E-state index is 0.0498. The summed E-state index contributed by atoms with van der Waals surface area (Å²) >= 11 is 0. The number of phenols is 1. The Morgan fingerprint density at radius 1 is 1.38 bits per heavy atom. The fourth-order valence-corrected chi connectivity index (χ4v) is 0.959. The molecular formula is C10H15NO2. The number of nitrogens with one attached hydrogen (secondary N) is 1. The molecule has 0 bridgehead atoms. The van der Waals surface area contributed by atoms with Crippen LogP contribution in [0.2, 0.25) is 0 Å². The summed E-state index contributed by atoms with van der Waals surface area (Å²) in [4.78, 5) is 0. The number of benzene rings is 1. The molecule has 2 N–H and O–H groups in total. The average Bonchev–Trinajstić information content (AvgIpc) is 2.16. The SMILES string of the molecule is COC(C)NCc1ccc(O)cc1. The van der Waals surface area contributed by atoms with Crippen molar-refractivity contribution >= 4 is 0 Å². The predicted octanol–water partition coefficient (Wildman–Crippen LogP) is 1.47. The lowest BCUT2D eigenvalue weighted by Gasteiger charge is -2.11. The van der Waals surface area contributed by atoms with Crippen molar-refractivity contribution in [2.45, 2.75) is 19.7 Å². The van der Waals surface area contributed by atoms with Gasteiger partial charge in [-0.1, -0.05) is 12.1 Å². The zero-order valence-corrected chi connectivity index (χ0v) is 7.95. The van der Waals surface area contributed by atoms with Crippen LogP contribution < -0.4 is 5.32 Å². The van der Waals surface area contributed by atoms with Crippen LogP contribution in [-0.4, -0.2) is 18.4 Å². The lowest BCUT2D eigenvalue weighted by Crippen LogP contribution is -2.26.